The van der Waals surface area contributed by atoms with Crippen molar-refractivity contribution in [3.8, 4) is 0 Å². The van der Waals surface area contributed by atoms with Gasteiger partial charge < -0.3 is 15.5 Å². The van der Waals surface area contributed by atoms with Crippen molar-refractivity contribution in [2.45, 2.75) is 51.7 Å². The van der Waals surface area contributed by atoms with Crippen LogP contribution in [0.2, 0.25) is 0 Å². The number of nitrogens with one attached hydrogen (secondary N) is 2. The molecule has 3 rings (SSSR count). The van der Waals surface area contributed by atoms with Crippen molar-refractivity contribution in [2.75, 3.05) is 16.8 Å². The molecule has 0 radical (unpaired) electrons. The number of fused-ring (bicyclic) bond motifs is 3. The first-order valence-electron chi connectivity index (χ1n) is 7.59. The summed E-state index contributed by atoms with van der Waals surface area (Å²) in [4.78, 5) is 14.5. The standard InChI is InChI=1S/C16H23N3O/c1-11(2)17-10-12-6-7-14-13(9-12)18-16(20)15-5-3-4-8-19(14)15/h6-7,9,11,15,17H,3-5,8,10H2,1-2H3,(H,18,20). The molecule has 1 aromatic carbocycles. The Morgan fingerprint density at radius 2 is 2.25 bits per heavy atom. The van der Waals surface area contributed by atoms with E-state index in [0.29, 0.717) is 6.04 Å². The number of piperidine rings is 1. The summed E-state index contributed by atoms with van der Waals surface area (Å²) in [5, 5.41) is 6.49. The third kappa shape index (κ3) is 2.52. The molecular weight excluding hydrogens is 250 g/mol. The maximum Gasteiger partial charge on any atom is 0.247 e. The highest BCUT2D eigenvalue weighted by molar-refractivity contribution is 6.03. The number of nitrogens with zero attached hydrogens (tertiary/aromatic N) is 1. The fourth-order valence-corrected chi connectivity index (χ4v) is 3.07. The number of rotatable bonds is 3. The van der Waals surface area contributed by atoms with Gasteiger partial charge in [-0.2, -0.15) is 0 Å². The Labute approximate surface area is 120 Å². The maximum atomic E-state index is 12.2. The molecule has 0 bridgehead atoms. The summed E-state index contributed by atoms with van der Waals surface area (Å²) in [5.41, 5.74) is 3.37. The molecule has 0 aliphatic carbocycles. The molecule has 2 heterocycles. The first-order valence-corrected chi connectivity index (χ1v) is 7.59. The zero-order chi connectivity index (χ0) is 14.1. The van der Waals surface area contributed by atoms with Crippen LogP contribution in [0.1, 0.15) is 38.7 Å². The molecule has 2 N–H and O–H groups in total. The van der Waals surface area contributed by atoms with Gasteiger partial charge in [-0.05, 0) is 37.0 Å². The molecule has 1 unspecified atom stereocenters. The second-order valence-corrected chi connectivity index (χ2v) is 6.08. The smallest absolute Gasteiger partial charge is 0.247 e. The Morgan fingerprint density at radius 3 is 3.05 bits per heavy atom. The quantitative estimate of drug-likeness (QED) is 0.889. The lowest BCUT2D eigenvalue weighted by molar-refractivity contribution is -0.118. The van der Waals surface area contributed by atoms with Crippen molar-refractivity contribution in [1.82, 2.24) is 5.32 Å². The number of amides is 1. The van der Waals surface area contributed by atoms with E-state index >= 15 is 0 Å². The Morgan fingerprint density at radius 1 is 1.40 bits per heavy atom. The van der Waals surface area contributed by atoms with E-state index in [1.54, 1.807) is 0 Å². The third-order valence-corrected chi connectivity index (χ3v) is 4.15. The molecule has 0 saturated carbocycles. The minimum Gasteiger partial charge on any atom is -0.358 e. The molecule has 2 aliphatic heterocycles. The topological polar surface area (TPSA) is 44.4 Å². The minimum atomic E-state index is 0.0379. The molecule has 108 valence electrons. The van der Waals surface area contributed by atoms with Gasteiger partial charge in [-0.3, -0.25) is 4.79 Å². The Hall–Kier alpha value is -1.55. The molecule has 2 aliphatic rings. The zero-order valence-corrected chi connectivity index (χ0v) is 12.3. The van der Waals surface area contributed by atoms with Crippen molar-refractivity contribution < 1.29 is 4.79 Å². The SMILES string of the molecule is CC(C)NCc1ccc2c(c1)NC(=O)C1CCCCN21. The molecular formula is C16H23N3O. The minimum absolute atomic E-state index is 0.0379. The van der Waals surface area contributed by atoms with Gasteiger partial charge in [-0.25, -0.2) is 0 Å². The molecule has 1 amide bonds. The van der Waals surface area contributed by atoms with E-state index in [2.05, 4.69) is 47.6 Å². The summed E-state index contributed by atoms with van der Waals surface area (Å²) in [6, 6.07) is 6.93. The normalized spacial score (nSPS) is 21.4. The summed E-state index contributed by atoms with van der Waals surface area (Å²) in [5.74, 6) is 0.158. The summed E-state index contributed by atoms with van der Waals surface area (Å²) in [6.07, 6.45) is 3.31. The van der Waals surface area contributed by atoms with Crippen molar-refractivity contribution >= 4 is 17.3 Å². The van der Waals surface area contributed by atoms with Gasteiger partial charge >= 0.3 is 0 Å². The Kier molecular flexibility index (Phi) is 3.66. The summed E-state index contributed by atoms with van der Waals surface area (Å²) >= 11 is 0. The number of hydrogen-bond acceptors (Lipinski definition) is 3. The van der Waals surface area contributed by atoms with Crippen molar-refractivity contribution in [2.24, 2.45) is 0 Å². The van der Waals surface area contributed by atoms with Gasteiger partial charge in [0.25, 0.3) is 0 Å². The van der Waals surface area contributed by atoms with Crippen LogP contribution in [0.4, 0.5) is 11.4 Å². The van der Waals surface area contributed by atoms with Gasteiger partial charge in [-0.1, -0.05) is 19.9 Å². The van der Waals surface area contributed by atoms with Crippen LogP contribution in [0.3, 0.4) is 0 Å². The van der Waals surface area contributed by atoms with E-state index in [9.17, 15) is 4.79 Å². The van der Waals surface area contributed by atoms with Crippen molar-refractivity contribution in [3.63, 3.8) is 0 Å². The lowest BCUT2D eigenvalue weighted by Gasteiger charge is -2.41. The van der Waals surface area contributed by atoms with Crippen LogP contribution in [0, 0.1) is 0 Å². The summed E-state index contributed by atoms with van der Waals surface area (Å²) in [6.45, 7) is 6.11. The highest BCUT2D eigenvalue weighted by atomic mass is 16.2. The monoisotopic (exact) mass is 273 g/mol. The van der Waals surface area contributed by atoms with Gasteiger partial charge in [0.1, 0.15) is 6.04 Å². The van der Waals surface area contributed by atoms with E-state index in [0.717, 1.165) is 31.6 Å². The molecule has 4 heteroatoms. The van der Waals surface area contributed by atoms with Gasteiger partial charge in [0.2, 0.25) is 5.91 Å². The summed E-state index contributed by atoms with van der Waals surface area (Å²) < 4.78 is 0. The average Bonchev–Trinajstić information content (AvgIpc) is 2.45. The number of anilines is 2. The number of carbonyl (C=O) groups is 1. The van der Waals surface area contributed by atoms with Crippen LogP contribution in [0.25, 0.3) is 0 Å². The van der Waals surface area contributed by atoms with Crippen LogP contribution in [0.15, 0.2) is 18.2 Å². The molecule has 1 atom stereocenters. The van der Waals surface area contributed by atoms with E-state index < -0.39 is 0 Å². The van der Waals surface area contributed by atoms with Crippen LogP contribution >= 0.6 is 0 Å². The maximum absolute atomic E-state index is 12.2. The molecule has 1 aromatic rings. The molecule has 0 spiro atoms. The van der Waals surface area contributed by atoms with E-state index in [-0.39, 0.29) is 11.9 Å². The molecule has 1 fully saturated rings. The van der Waals surface area contributed by atoms with Crippen LogP contribution in [-0.4, -0.2) is 24.5 Å². The lowest BCUT2D eigenvalue weighted by atomic mass is 9.97. The highest BCUT2D eigenvalue weighted by Crippen LogP contribution is 2.36. The van der Waals surface area contributed by atoms with Crippen molar-refractivity contribution in [1.29, 1.82) is 0 Å². The second-order valence-electron chi connectivity index (χ2n) is 6.08. The van der Waals surface area contributed by atoms with E-state index in [1.807, 2.05) is 0 Å². The van der Waals surface area contributed by atoms with Crippen molar-refractivity contribution in [3.05, 3.63) is 23.8 Å². The average molecular weight is 273 g/mol. The van der Waals surface area contributed by atoms with Crippen LogP contribution in [-0.2, 0) is 11.3 Å². The largest absolute Gasteiger partial charge is 0.358 e. The number of benzene rings is 1. The predicted molar refractivity (Wildman–Crippen MR) is 82.0 cm³/mol. The Balaban J connectivity index is 1.84. The van der Waals surface area contributed by atoms with E-state index in [4.69, 9.17) is 0 Å². The Bertz CT molecular complexity index is 512. The van der Waals surface area contributed by atoms with E-state index in [1.165, 1.54) is 17.7 Å². The first kappa shape index (κ1) is 13.4. The van der Waals surface area contributed by atoms with Gasteiger partial charge in [0.05, 0.1) is 11.4 Å². The number of carbonyl (C=O) groups excluding carboxylic acids is 1. The predicted octanol–water partition coefficient (Wildman–Crippen LogP) is 2.50. The third-order valence-electron chi connectivity index (χ3n) is 4.15. The van der Waals surface area contributed by atoms with Gasteiger partial charge in [0.15, 0.2) is 0 Å². The number of hydrogen-bond donors (Lipinski definition) is 2. The zero-order valence-electron chi connectivity index (χ0n) is 12.3. The molecule has 20 heavy (non-hydrogen) atoms. The first-order chi connectivity index (χ1) is 9.65. The lowest BCUT2D eigenvalue weighted by Crippen LogP contribution is -2.50. The second kappa shape index (κ2) is 5.44. The van der Waals surface area contributed by atoms with Crippen LogP contribution in [0.5, 0.6) is 0 Å². The van der Waals surface area contributed by atoms with Gasteiger partial charge in [0, 0.05) is 19.1 Å². The highest BCUT2D eigenvalue weighted by Gasteiger charge is 2.34. The molecule has 4 nitrogen and oxygen atoms in total. The fourth-order valence-electron chi connectivity index (χ4n) is 3.07. The van der Waals surface area contributed by atoms with Gasteiger partial charge in [-0.15, -0.1) is 0 Å². The summed E-state index contributed by atoms with van der Waals surface area (Å²) in [7, 11) is 0. The fraction of sp³-hybridized carbons (Fsp3) is 0.562. The van der Waals surface area contributed by atoms with Crippen LogP contribution < -0.4 is 15.5 Å². The molecule has 0 aromatic heterocycles. The molecule has 1 saturated heterocycles.